The third kappa shape index (κ3) is 3.83. The van der Waals surface area contributed by atoms with Crippen LogP contribution >= 0.6 is 43.5 Å². The number of aliphatic hydroxyl groups excluding tert-OH is 1. The molecule has 0 amide bonds. The first kappa shape index (κ1) is 13.1. The van der Waals surface area contributed by atoms with Crippen molar-refractivity contribution in [3.63, 3.8) is 0 Å². The lowest BCUT2D eigenvalue weighted by atomic mass is 10.3. The second kappa shape index (κ2) is 5.94. The Bertz CT molecular complexity index is 326. The van der Waals surface area contributed by atoms with Crippen LogP contribution < -0.4 is 5.32 Å². The van der Waals surface area contributed by atoms with E-state index in [1.807, 2.05) is 0 Å². The van der Waals surface area contributed by atoms with Crippen LogP contribution in [-0.4, -0.2) is 28.7 Å². The lowest BCUT2D eigenvalue weighted by molar-refractivity contribution is 0.211. The van der Waals surface area contributed by atoms with E-state index in [-0.39, 0.29) is 11.6 Å². The van der Waals surface area contributed by atoms with Crippen LogP contribution in [0.15, 0.2) is 21.1 Å². The summed E-state index contributed by atoms with van der Waals surface area (Å²) in [5.41, 5.74) is 0.788. The molecule has 0 aromatic heterocycles. The Kier molecular flexibility index (Phi) is 5.18. The van der Waals surface area contributed by atoms with Crippen molar-refractivity contribution in [3.8, 4) is 5.75 Å². The van der Waals surface area contributed by atoms with Crippen molar-refractivity contribution in [2.24, 2.45) is 0 Å². The summed E-state index contributed by atoms with van der Waals surface area (Å²) in [6, 6.07) is 3.45. The highest BCUT2D eigenvalue weighted by Gasteiger charge is 2.07. The van der Waals surface area contributed by atoms with Crippen molar-refractivity contribution in [2.75, 3.05) is 17.7 Å². The lowest BCUT2D eigenvalue weighted by Gasteiger charge is -2.11. The largest absolute Gasteiger partial charge is 0.506 e. The fraction of sp³-hybridized carbons (Fsp3) is 0.333. The minimum absolute atomic E-state index is 0.151. The molecule has 0 heterocycles. The topological polar surface area (TPSA) is 52.5 Å². The molecule has 1 aromatic carbocycles. The normalized spacial score (nSPS) is 12.5. The van der Waals surface area contributed by atoms with Gasteiger partial charge in [-0.25, -0.2) is 0 Å². The molecule has 0 saturated heterocycles. The van der Waals surface area contributed by atoms with Gasteiger partial charge in [-0.2, -0.15) is 0 Å². The summed E-state index contributed by atoms with van der Waals surface area (Å²) in [4.78, 5) is 0. The van der Waals surface area contributed by atoms with Gasteiger partial charge in [-0.05, 0) is 44.0 Å². The molecule has 3 nitrogen and oxygen atoms in total. The number of hydrogen-bond acceptors (Lipinski definition) is 3. The van der Waals surface area contributed by atoms with Crippen LogP contribution in [0.3, 0.4) is 0 Å². The molecule has 0 bridgehead atoms. The molecule has 1 aromatic rings. The van der Waals surface area contributed by atoms with Gasteiger partial charge in [0.05, 0.1) is 20.9 Å². The van der Waals surface area contributed by atoms with Gasteiger partial charge >= 0.3 is 0 Å². The Hall–Kier alpha value is 0.0300. The molecule has 0 fully saturated rings. The zero-order valence-corrected chi connectivity index (χ0v) is 11.6. The molecule has 0 spiro atoms. The van der Waals surface area contributed by atoms with Gasteiger partial charge in [0, 0.05) is 12.2 Å². The molecule has 3 N–H and O–H groups in total. The number of phenolic OH excluding ortho intramolecular Hbond substituents is 1. The van der Waals surface area contributed by atoms with Crippen LogP contribution in [0.2, 0.25) is 0 Å². The number of halogens is 3. The van der Waals surface area contributed by atoms with Crippen LogP contribution in [0.25, 0.3) is 0 Å². The molecule has 0 radical (unpaired) electrons. The van der Waals surface area contributed by atoms with E-state index < -0.39 is 6.10 Å². The fourth-order valence-electron chi connectivity index (χ4n) is 0.958. The smallest absolute Gasteiger partial charge is 0.144 e. The Balaban J connectivity index is 2.70. The van der Waals surface area contributed by atoms with E-state index in [0.29, 0.717) is 15.5 Å². The monoisotopic (exact) mass is 357 g/mol. The molecule has 84 valence electrons. The third-order valence-corrected chi connectivity index (χ3v) is 3.30. The molecule has 6 heteroatoms. The van der Waals surface area contributed by atoms with Crippen LogP contribution in [-0.2, 0) is 0 Å². The van der Waals surface area contributed by atoms with Crippen molar-refractivity contribution in [1.82, 2.24) is 0 Å². The van der Waals surface area contributed by atoms with E-state index in [2.05, 4.69) is 37.2 Å². The number of aliphatic hydroxyl groups is 1. The van der Waals surface area contributed by atoms with Gasteiger partial charge < -0.3 is 15.5 Å². The fourth-order valence-corrected chi connectivity index (χ4v) is 2.25. The van der Waals surface area contributed by atoms with Crippen molar-refractivity contribution >= 4 is 49.1 Å². The summed E-state index contributed by atoms with van der Waals surface area (Å²) < 4.78 is 1.17. The highest BCUT2D eigenvalue weighted by Crippen LogP contribution is 2.35. The van der Waals surface area contributed by atoms with Gasteiger partial charge in [-0.3, -0.25) is 0 Å². The Morgan fingerprint density at radius 3 is 2.33 bits per heavy atom. The number of alkyl halides is 1. The highest BCUT2D eigenvalue weighted by atomic mass is 79.9. The first-order chi connectivity index (χ1) is 7.04. The summed E-state index contributed by atoms with van der Waals surface area (Å²) in [7, 11) is 0. The lowest BCUT2D eigenvalue weighted by Crippen LogP contribution is -2.20. The van der Waals surface area contributed by atoms with Gasteiger partial charge in [0.25, 0.3) is 0 Å². The zero-order chi connectivity index (χ0) is 11.4. The summed E-state index contributed by atoms with van der Waals surface area (Å²) in [5, 5.41) is 21.7. The number of benzene rings is 1. The number of anilines is 1. The standard InChI is InChI=1S/C9H10Br2ClNO2/c10-7-1-5(2-8(11)9(7)15)13-4-6(14)3-12/h1-2,6,13-15H,3-4H2. The van der Waals surface area contributed by atoms with E-state index in [4.69, 9.17) is 11.6 Å². The second-order valence-electron chi connectivity index (χ2n) is 2.98. The van der Waals surface area contributed by atoms with Crippen molar-refractivity contribution in [2.45, 2.75) is 6.10 Å². The van der Waals surface area contributed by atoms with E-state index in [1.165, 1.54) is 0 Å². The molecule has 0 aliphatic heterocycles. The molecule has 1 atom stereocenters. The van der Waals surface area contributed by atoms with E-state index >= 15 is 0 Å². The molecule has 0 aliphatic rings. The average Bonchev–Trinajstić information content (AvgIpc) is 2.22. The molecule has 15 heavy (non-hydrogen) atoms. The first-order valence-electron chi connectivity index (χ1n) is 4.20. The van der Waals surface area contributed by atoms with Crippen LogP contribution in [0.1, 0.15) is 0 Å². The summed E-state index contributed by atoms with van der Waals surface area (Å²) in [5.74, 6) is 0.339. The van der Waals surface area contributed by atoms with Gasteiger partial charge in [0.1, 0.15) is 5.75 Å². The molecule has 0 saturated carbocycles. The summed E-state index contributed by atoms with van der Waals surface area (Å²) >= 11 is 11.9. The van der Waals surface area contributed by atoms with E-state index in [9.17, 15) is 10.2 Å². The molecule has 1 unspecified atom stereocenters. The van der Waals surface area contributed by atoms with E-state index in [1.54, 1.807) is 12.1 Å². The van der Waals surface area contributed by atoms with Gasteiger partial charge in [-0.1, -0.05) is 0 Å². The predicted molar refractivity (Wildman–Crippen MR) is 68.7 cm³/mol. The number of rotatable bonds is 4. The molecule has 1 rings (SSSR count). The van der Waals surface area contributed by atoms with Gasteiger partial charge in [-0.15, -0.1) is 11.6 Å². The van der Waals surface area contributed by atoms with Crippen molar-refractivity contribution in [3.05, 3.63) is 21.1 Å². The number of nitrogens with one attached hydrogen (secondary N) is 1. The first-order valence-corrected chi connectivity index (χ1v) is 6.32. The average molecular weight is 359 g/mol. The highest BCUT2D eigenvalue weighted by molar-refractivity contribution is 9.11. The maximum Gasteiger partial charge on any atom is 0.144 e. The van der Waals surface area contributed by atoms with Crippen LogP contribution in [0.5, 0.6) is 5.75 Å². The van der Waals surface area contributed by atoms with Crippen LogP contribution in [0, 0.1) is 0 Å². The van der Waals surface area contributed by atoms with Crippen molar-refractivity contribution < 1.29 is 10.2 Å². The van der Waals surface area contributed by atoms with Crippen LogP contribution in [0.4, 0.5) is 5.69 Å². The quantitative estimate of drug-likeness (QED) is 0.572. The summed E-state index contributed by atoms with van der Waals surface area (Å²) in [6.45, 7) is 0.368. The maximum absolute atomic E-state index is 9.46. The van der Waals surface area contributed by atoms with Gasteiger partial charge in [0.2, 0.25) is 0 Å². The second-order valence-corrected chi connectivity index (χ2v) is 4.99. The molecule has 0 aliphatic carbocycles. The number of aromatic hydroxyl groups is 1. The SMILES string of the molecule is Oc1c(Br)cc(NCC(O)CCl)cc1Br. The van der Waals surface area contributed by atoms with Gasteiger partial charge in [0.15, 0.2) is 0 Å². The maximum atomic E-state index is 9.46. The molecular formula is C9H10Br2ClNO2. The Morgan fingerprint density at radius 2 is 1.87 bits per heavy atom. The number of phenols is 1. The van der Waals surface area contributed by atoms with Crippen molar-refractivity contribution in [1.29, 1.82) is 0 Å². The zero-order valence-electron chi connectivity index (χ0n) is 7.67. The predicted octanol–water partition coefficient (Wildman–Crippen LogP) is 2.93. The minimum atomic E-state index is -0.585. The summed E-state index contributed by atoms with van der Waals surface area (Å²) in [6.07, 6.45) is -0.585. The number of hydrogen-bond donors (Lipinski definition) is 3. The Labute approximate surface area is 110 Å². The molecular weight excluding hydrogens is 349 g/mol. The third-order valence-electron chi connectivity index (χ3n) is 1.74. The Morgan fingerprint density at radius 1 is 1.33 bits per heavy atom. The minimum Gasteiger partial charge on any atom is -0.506 e. The van der Waals surface area contributed by atoms with E-state index in [0.717, 1.165) is 5.69 Å².